The van der Waals surface area contributed by atoms with Gasteiger partial charge < -0.3 is 10.6 Å². The topological polar surface area (TPSA) is 47.9 Å². The van der Waals surface area contributed by atoms with Crippen molar-refractivity contribution >= 4 is 5.69 Å². The average molecular weight is 215 g/mol. The van der Waals surface area contributed by atoms with E-state index in [0.29, 0.717) is 0 Å². The van der Waals surface area contributed by atoms with E-state index in [4.69, 9.17) is 0 Å². The smallest absolute Gasteiger partial charge is 0.138 e. The summed E-state index contributed by atoms with van der Waals surface area (Å²) in [6.07, 6.45) is 1.96. The van der Waals surface area contributed by atoms with Crippen molar-refractivity contribution in [1.82, 2.24) is 5.32 Å². The van der Waals surface area contributed by atoms with E-state index < -0.39 is 5.54 Å². The number of piperidine rings is 1. The first kappa shape index (κ1) is 11.0. The van der Waals surface area contributed by atoms with Crippen LogP contribution in [0, 0.1) is 18.3 Å². The van der Waals surface area contributed by atoms with Crippen LogP contribution in [0.15, 0.2) is 24.3 Å². The fourth-order valence-corrected chi connectivity index (χ4v) is 2.11. The predicted molar refractivity (Wildman–Crippen MR) is 65.2 cm³/mol. The number of benzene rings is 1. The summed E-state index contributed by atoms with van der Waals surface area (Å²) in [6.45, 7) is 3.79. The van der Waals surface area contributed by atoms with E-state index in [1.807, 2.05) is 18.2 Å². The van der Waals surface area contributed by atoms with Gasteiger partial charge in [-0.25, -0.2) is 0 Å². The van der Waals surface area contributed by atoms with Crippen molar-refractivity contribution in [2.75, 3.05) is 18.4 Å². The number of para-hydroxylation sites is 1. The van der Waals surface area contributed by atoms with Crippen LogP contribution in [0.5, 0.6) is 0 Å². The van der Waals surface area contributed by atoms with Crippen LogP contribution in [-0.2, 0) is 0 Å². The van der Waals surface area contributed by atoms with Crippen molar-refractivity contribution in [1.29, 1.82) is 5.26 Å². The van der Waals surface area contributed by atoms with Crippen LogP contribution >= 0.6 is 0 Å². The minimum Gasteiger partial charge on any atom is -0.366 e. The summed E-state index contributed by atoms with van der Waals surface area (Å²) in [7, 11) is 0. The van der Waals surface area contributed by atoms with Gasteiger partial charge in [-0.1, -0.05) is 18.2 Å². The lowest BCUT2D eigenvalue weighted by Gasteiger charge is -2.33. The molecular weight excluding hydrogens is 198 g/mol. The molecule has 84 valence electrons. The Morgan fingerprint density at radius 2 is 2.25 bits per heavy atom. The van der Waals surface area contributed by atoms with Crippen molar-refractivity contribution in [3.05, 3.63) is 29.8 Å². The second kappa shape index (κ2) is 4.54. The van der Waals surface area contributed by atoms with E-state index in [1.54, 1.807) is 0 Å². The van der Waals surface area contributed by atoms with Gasteiger partial charge in [0.1, 0.15) is 5.54 Å². The maximum Gasteiger partial charge on any atom is 0.138 e. The van der Waals surface area contributed by atoms with E-state index in [1.165, 1.54) is 5.56 Å². The molecule has 1 aromatic carbocycles. The molecule has 1 aliphatic rings. The molecule has 0 aromatic heterocycles. The number of nitrogens with zero attached hydrogens (tertiary/aromatic N) is 1. The van der Waals surface area contributed by atoms with Crippen LogP contribution in [0.4, 0.5) is 5.69 Å². The summed E-state index contributed by atoms with van der Waals surface area (Å²) in [5.74, 6) is 0. The Morgan fingerprint density at radius 1 is 1.44 bits per heavy atom. The van der Waals surface area contributed by atoms with E-state index in [0.717, 1.165) is 31.6 Å². The molecule has 1 heterocycles. The normalized spacial score (nSPS) is 24.8. The zero-order chi connectivity index (χ0) is 11.4. The molecule has 2 N–H and O–H groups in total. The highest BCUT2D eigenvalue weighted by molar-refractivity contribution is 5.54. The van der Waals surface area contributed by atoms with Gasteiger partial charge in [0, 0.05) is 12.2 Å². The molecule has 3 heteroatoms. The standard InChI is InChI=1S/C13H17N3/c1-11-5-2-3-6-12(11)16-13(9-14)7-4-8-15-10-13/h2-3,5-6,15-16H,4,7-8,10H2,1H3. The van der Waals surface area contributed by atoms with Crippen molar-refractivity contribution in [2.24, 2.45) is 0 Å². The molecule has 0 saturated carbocycles. The summed E-state index contributed by atoms with van der Waals surface area (Å²) in [4.78, 5) is 0. The quantitative estimate of drug-likeness (QED) is 0.793. The second-order valence-electron chi connectivity index (χ2n) is 4.41. The molecule has 1 aliphatic heterocycles. The molecule has 0 spiro atoms. The molecule has 1 fully saturated rings. The van der Waals surface area contributed by atoms with Crippen LogP contribution in [-0.4, -0.2) is 18.6 Å². The number of rotatable bonds is 2. The van der Waals surface area contributed by atoms with Crippen molar-refractivity contribution in [3.63, 3.8) is 0 Å². The van der Waals surface area contributed by atoms with Gasteiger partial charge in [0.25, 0.3) is 0 Å². The third-order valence-electron chi connectivity index (χ3n) is 3.12. The molecule has 2 rings (SSSR count). The van der Waals surface area contributed by atoms with Gasteiger partial charge in [0.05, 0.1) is 6.07 Å². The van der Waals surface area contributed by atoms with E-state index in [-0.39, 0.29) is 0 Å². The third kappa shape index (κ3) is 2.17. The lowest BCUT2D eigenvalue weighted by atomic mass is 9.91. The van der Waals surface area contributed by atoms with E-state index in [2.05, 4.69) is 29.7 Å². The Balaban J connectivity index is 2.19. The highest BCUT2D eigenvalue weighted by atomic mass is 15.1. The minimum absolute atomic E-state index is 0.440. The monoisotopic (exact) mass is 215 g/mol. The summed E-state index contributed by atoms with van der Waals surface area (Å²) in [5.41, 5.74) is 1.81. The van der Waals surface area contributed by atoms with Gasteiger partial charge in [-0.2, -0.15) is 5.26 Å². The molecule has 1 aromatic rings. The molecule has 0 aliphatic carbocycles. The van der Waals surface area contributed by atoms with Crippen LogP contribution < -0.4 is 10.6 Å². The minimum atomic E-state index is -0.440. The summed E-state index contributed by atoms with van der Waals surface area (Å²) < 4.78 is 0. The molecule has 1 unspecified atom stereocenters. The molecule has 16 heavy (non-hydrogen) atoms. The number of nitriles is 1. The van der Waals surface area contributed by atoms with Gasteiger partial charge in [-0.3, -0.25) is 0 Å². The maximum absolute atomic E-state index is 9.34. The first-order valence-corrected chi connectivity index (χ1v) is 5.72. The average Bonchev–Trinajstić information content (AvgIpc) is 2.33. The summed E-state index contributed by atoms with van der Waals surface area (Å²) in [6, 6.07) is 10.5. The van der Waals surface area contributed by atoms with Gasteiger partial charge in [0.15, 0.2) is 0 Å². The van der Waals surface area contributed by atoms with E-state index in [9.17, 15) is 5.26 Å². The van der Waals surface area contributed by atoms with Gasteiger partial charge in [0.2, 0.25) is 0 Å². The molecule has 1 saturated heterocycles. The zero-order valence-corrected chi connectivity index (χ0v) is 9.59. The SMILES string of the molecule is Cc1ccccc1NC1(C#N)CCCNC1. The fourth-order valence-electron chi connectivity index (χ4n) is 2.11. The van der Waals surface area contributed by atoms with Gasteiger partial charge >= 0.3 is 0 Å². The van der Waals surface area contributed by atoms with E-state index >= 15 is 0 Å². The maximum atomic E-state index is 9.34. The van der Waals surface area contributed by atoms with Gasteiger partial charge in [-0.05, 0) is 37.9 Å². The number of hydrogen-bond acceptors (Lipinski definition) is 3. The number of nitrogens with one attached hydrogen (secondary N) is 2. The van der Waals surface area contributed by atoms with Crippen molar-refractivity contribution < 1.29 is 0 Å². The predicted octanol–water partition coefficient (Wildman–Crippen LogP) is 2.05. The fraction of sp³-hybridized carbons (Fsp3) is 0.462. The largest absolute Gasteiger partial charge is 0.366 e. The summed E-state index contributed by atoms with van der Waals surface area (Å²) >= 11 is 0. The Kier molecular flexibility index (Phi) is 3.12. The van der Waals surface area contributed by atoms with Crippen molar-refractivity contribution in [2.45, 2.75) is 25.3 Å². The molecular formula is C13H17N3. The summed E-state index contributed by atoms with van der Waals surface area (Å²) in [5, 5.41) is 16.0. The highest BCUT2D eigenvalue weighted by Crippen LogP contribution is 2.23. The molecule has 0 radical (unpaired) electrons. The first-order chi connectivity index (χ1) is 7.76. The van der Waals surface area contributed by atoms with Crippen LogP contribution in [0.25, 0.3) is 0 Å². The highest BCUT2D eigenvalue weighted by Gasteiger charge is 2.31. The first-order valence-electron chi connectivity index (χ1n) is 5.72. The molecule has 1 atom stereocenters. The number of anilines is 1. The second-order valence-corrected chi connectivity index (χ2v) is 4.41. The number of hydrogen-bond donors (Lipinski definition) is 2. The zero-order valence-electron chi connectivity index (χ0n) is 9.59. The third-order valence-corrected chi connectivity index (χ3v) is 3.12. The van der Waals surface area contributed by atoms with Crippen LogP contribution in [0.1, 0.15) is 18.4 Å². The van der Waals surface area contributed by atoms with Gasteiger partial charge in [-0.15, -0.1) is 0 Å². The Hall–Kier alpha value is -1.53. The number of aryl methyl sites for hydroxylation is 1. The lowest BCUT2D eigenvalue weighted by Crippen LogP contribution is -2.50. The molecule has 3 nitrogen and oxygen atoms in total. The lowest BCUT2D eigenvalue weighted by molar-refractivity contribution is 0.411. The van der Waals surface area contributed by atoms with Crippen LogP contribution in [0.2, 0.25) is 0 Å². The molecule has 0 amide bonds. The Labute approximate surface area is 96.5 Å². The Bertz CT molecular complexity index is 400. The molecule has 0 bridgehead atoms. The van der Waals surface area contributed by atoms with Crippen molar-refractivity contribution in [3.8, 4) is 6.07 Å². The van der Waals surface area contributed by atoms with Crippen LogP contribution in [0.3, 0.4) is 0 Å². The Morgan fingerprint density at radius 3 is 2.88 bits per heavy atom.